The maximum Gasteiger partial charge on any atom is 0.227 e. The fourth-order valence-electron chi connectivity index (χ4n) is 4.37. The van der Waals surface area contributed by atoms with Gasteiger partial charge in [0.1, 0.15) is 11.3 Å². The number of imidazole rings is 1. The van der Waals surface area contributed by atoms with Crippen molar-refractivity contribution in [2.45, 2.75) is 39.2 Å². The van der Waals surface area contributed by atoms with Crippen molar-refractivity contribution in [3.05, 3.63) is 89.4 Å². The predicted molar refractivity (Wildman–Crippen MR) is 123 cm³/mol. The molecule has 1 amide bonds. The van der Waals surface area contributed by atoms with Gasteiger partial charge in [-0.25, -0.2) is 9.97 Å². The SMILES string of the molecule is Cc1ccc(Cn2c(CCCC(=O)N3CCc4ccccc43)nc3cccnc32)cc1. The molecule has 0 unspecified atom stereocenters. The molecule has 156 valence electrons. The van der Waals surface area contributed by atoms with E-state index >= 15 is 0 Å². The summed E-state index contributed by atoms with van der Waals surface area (Å²) in [6.45, 7) is 3.61. The van der Waals surface area contributed by atoms with Crippen LogP contribution in [0, 0.1) is 6.92 Å². The number of carbonyl (C=O) groups excluding carboxylic acids is 1. The molecule has 4 aromatic rings. The first kappa shape index (κ1) is 19.5. The molecule has 2 aromatic heterocycles. The summed E-state index contributed by atoms with van der Waals surface area (Å²) in [5, 5.41) is 0. The number of aryl methyl sites for hydroxylation is 2. The van der Waals surface area contributed by atoms with E-state index < -0.39 is 0 Å². The van der Waals surface area contributed by atoms with Crippen LogP contribution in [0.25, 0.3) is 11.2 Å². The molecule has 0 saturated heterocycles. The Labute approximate surface area is 182 Å². The van der Waals surface area contributed by atoms with Crippen molar-refractivity contribution in [1.29, 1.82) is 0 Å². The molecule has 0 spiro atoms. The lowest BCUT2D eigenvalue weighted by atomic mass is 10.1. The summed E-state index contributed by atoms with van der Waals surface area (Å²) >= 11 is 0. The minimum Gasteiger partial charge on any atom is -0.312 e. The molecule has 5 heteroatoms. The van der Waals surface area contributed by atoms with Crippen LogP contribution in [0.15, 0.2) is 66.9 Å². The van der Waals surface area contributed by atoms with Gasteiger partial charge in [0.05, 0.1) is 6.54 Å². The highest BCUT2D eigenvalue weighted by atomic mass is 16.2. The van der Waals surface area contributed by atoms with Crippen LogP contribution in [0.3, 0.4) is 0 Å². The molecule has 5 nitrogen and oxygen atoms in total. The second-order valence-electron chi connectivity index (χ2n) is 8.22. The molecule has 1 aliphatic heterocycles. The average molecular weight is 411 g/mol. The van der Waals surface area contributed by atoms with Crippen LogP contribution in [0.4, 0.5) is 5.69 Å². The van der Waals surface area contributed by atoms with Crippen LogP contribution in [0.5, 0.6) is 0 Å². The van der Waals surface area contributed by atoms with E-state index in [1.54, 1.807) is 0 Å². The molecule has 0 fully saturated rings. The summed E-state index contributed by atoms with van der Waals surface area (Å²) in [4.78, 5) is 24.2. The third kappa shape index (κ3) is 3.96. The first-order chi connectivity index (χ1) is 15.2. The van der Waals surface area contributed by atoms with Crippen LogP contribution in [0.2, 0.25) is 0 Å². The number of amides is 1. The molecule has 2 aromatic carbocycles. The van der Waals surface area contributed by atoms with E-state index in [9.17, 15) is 4.79 Å². The molecule has 0 atom stereocenters. The van der Waals surface area contributed by atoms with Crippen molar-refractivity contribution in [3.8, 4) is 0 Å². The third-order valence-corrected chi connectivity index (χ3v) is 6.02. The molecular weight excluding hydrogens is 384 g/mol. The molecular formula is C26H26N4O. The summed E-state index contributed by atoms with van der Waals surface area (Å²) in [5.41, 5.74) is 6.62. The lowest BCUT2D eigenvalue weighted by molar-refractivity contribution is -0.118. The highest BCUT2D eigenvalue weighted by molar-refractivity contribution is 5.95. The van der Waals surface area contributed by atoms with E-state index in [1.165, 1.54) is 16.7 Å². The molecule has 0 aliphatic carbocycles. The minimum atomic E-state index is 0.198. The van der Waals surface area contributed by atoms with Gasteiger partial charge in [0, 0.05) is 31.3 Å². The number of benzene rings is 2. The smallest absolute Gasteiger partial charge is 0.227 e. The lowest BCUT2D eigenvalue weighted by Gasteiger charge is -2.17. The summed E-state index contributed by atoms with van der Waals surface area (Å²) in [7, 11) is 0. The molecule has 5 rings (SSSR count). The van der Waals surface area contributed by atoms with Crippen LogP contribution in [-0.2, 0) is 24.2 Å². The minimum absolute atomic E-state index is 0.198. The van der Waals surface area contributed by atoms with Crippen molar-refractivity contribution in [2.24, 2.45) is 0 Å². The molecule has 0 saturated carbocycles. The summed E-state index contributed by atoms with van der Waals surface area (Å²) in [5.74, 6) is 1.19. The van der Waals surface area contributed by atoms with E-state index in [1.807, 2.05) is 41.4 Å². The van der Waals surface area contributed by atoms with E-state index in [4.69, 9.17) is 4.98 Å². The molecule has 31 heavy (non-hydrogen) atoms. The average Bonchev–Trinajstić information content (AvgIpc) is 3.37. The number of aromatic nitrogens is 3. The van der Waals surface area contributed by atoms with Gasteiger partial charge in [0.15, 0.2) is 5.65 Å². The summed E-state index contributed by atoms with van der Waals surface area (Å²) in [6, 6.07) is 20.7. The van der Waals surface area contributed by atoms with Crippen molar-refractivity contribution < 1.29 is 4.79 Å². The number of hydrogen-bond acceptors (Lipinski definition) is 3. The number of nitrogens with zero attached hydrogens (tertiary/aromatic N) is 4. The first-order valence-electron chi connectivity index (χ1n) is 10.9. The third-order valence-electron chi connectivity index (χ3n) is 6.02. The predicted octanol–water partition coefficient (Wildman–Crippen LogP) is 4.70. The Morgan fingerprint density at radius 3 is 2.74 bits per heavy atom. The normalized spacial score (nSPS) is 13.0. The second kappa shape index (κ2) is 8.34. The Morgan fingerprint density at radius 1 is 1.03 bits per heavy atom. The van der Waals surface area contributed by atoms with E-state index in [2.05, 4.69) is 46.8 Å². The largest absolute Gasteiger partial charge is 0.312 e. The number of para-hydroxylation sites is 1. The van der Waals surface area contributed by atoms with Gasteiger partial charge in [0.25, 0.3) is 0 Å². The highest BCUT2D eigenvalue weighted by Gasteiger charge is 2.23. The molecule has 3 heterocycles. The quantitative estimate of drug-likeness (QED) is 0.463. The van der Waals surface area contributed by atoms with Gasteiger partial charge in [-0.2, -0.15) is 0 Å². The van der Waals surface area contributed by atoms with Crippen LogP contribution >= 0.6 is 0 Å². The zero-order valence-electron chi connectivity index (χ0n) is 17.8. The maximum atomic E-state index is 12.9. The molecule has 1 aliphatic rings. The van der Waals surface area contributed by atoms with Crippen LogP contribution < -0.4 is 4.90 Å². The fourth-order valence-corrected chi connectivity index (χ4v) is 4.37. The zero-order valence-corrected chi connectivity index (χ0v) is 17.8. The Morgan fingerprint density at radius 2 is 1.87 bits per heavy atom. The Balaban J connectivity index is 1.31. The number of anilines is 1. The standard InChI is InChI=1S/C26H26N4O/c1-19-11-13-20(14-12-19)18-30-24(28-22-7-5-16-27-26(22)30)9-4-10-25(31)29-17-15-21-6-2-3-8-23(21)29/h2-3,5-8,11-14,16H,4,9-10,15,17-18H2,1H3. The van der Waals surface area contributed by atoms with Gasteiger partial charge >= 0.3 is 0 Å². The summed E-state index contributed by atoms with van der Waals surface area (Å²) < 4.78 is 2.19. The zero-order chi connectivity index (χ0) is 21.2. The number of fused-ring (bicyclic) bond motifs is 2. The van der Waals surface area contributed by atoms with E-state index in [0.29, 0.717) is 6.42 Å². The monoisotopic (exact) mass is 410 g/mol. The highest BCUT2D eigenvalue weighted by Crippen LogP contribution is 2.28. The fraction of sp³-hybridized carbons (Fsp3) is 0.269. The first-order valence-corrected chi connectivity index (χ1v) is 10.9. The van der Waals surface area contributed by atoms with Gasteiger partial charge in [-0.3, -0.25) is 4.79 Å². The van der Waals surface area contributed by atoms with Gasteiger partial charge in [0.2, 0.25) is 5.91 Å². The number of pyridine rings is 1. The van der Waals surface area contributed by atoms with Crippen LogP contribution in [-0.4, -0.2) is 27.0 Å². The number of carbonyl (C=O) groups is 1. The Kier molecular flexibility index (Phi) is 5.24. The van der Waals surface area contributed by atoms with Gasteiger partial charge in [-0.1, -0.05) is 48.0 Å². The Bertz CT molecular complexity index is 1230. The lowest BCUT2D eigenvalue weighted by Crippen LogP contribution is -2.28. The van der Waals surface area contributed by atoms with Crippen molar-refractivity contribution >= 4 is 22.8 Å². The van der Waals surface area contributed by atoms with E-state index in [0.717, 1.165) is 55.0 Å². The van der Waals surface area contributed by atoms with Gasteiger partial charge < -0.3 is 9.47 Å². The van der Waals surface area contributed by atoms with E-state index in [-0.39, 0.29) is 5.91 Å². The Hall–Kier alpha value is -3.47. The summed E-state index contributed by atoms with van der Waals surface area (Å²) in [6.07, 6.45) is 4.81. The molecule has 0 bridgehead atoms. The topological polar surface area (TPSA) is 51.0 Å². The second-order valence-corrected chi connectivity index (χ2v) is 8.22. The van der Waals surface area contributed by atoms with Crippen LogP contribution in [0.1, 0.15) is 35.4 Å². The maximum absolute atomic E-state index is 12.9. The number of rotatable bonds is 6. The van der Waals surface area contributed by atoms with Gasteiger partial charge in [-0.15, -0.1) is 0 Å². The van der Waals surface area contributed by atoms with Gasteiger partial charge in [-0.05, 0) is 49.1 Å². The van der Waals surface area contributed by atoms with Crippen molar-refractivity contribution in [2.75, 3.05) is 11.4 Å². The number of hydrogen-bond donors (Lipinski definition) is 0. The van der Waals surface area contributed by atoms with Crippen molar-refractivity contribution in [3.63, 3.8) is 0 Å². The van der Waals surface area contributed by atoms with Crippen molar-refractivity contribution in [1.82, 2.24) is 14.5 Å². The molecule has 0 N–H and O–H groups in total. The molecule has 0 radical (unpaired) electrons.